The molecule has 1 atom stereocenters. The number of benzene rings is 1. The van der Waals surface area contributed by atoms with Crippen LogP contribution in [0.4, 0.5) is 0 Å². The summed E-state index contributed by atoms with van der Waals surface area (Å²) in [7, 11) is 0. The van der Waals surface area contributed by atoms with E-state index in [1.54, 1.807) is 42.5 Å². The average molecular weight is 324 g/mol. The van der Waals surface area contributed by atoms with Crippen LogP contribution in [0.5, 0.6) is 0 Å². The van der Waals surface area contributed by atoms with Gasteiger partial charge in [0, 0.05) is 10.4 Å². The lowest BCUT2D eigenvalue weighted by Gasteiger charge is -2.21. The van der Waals surface area contributed by atoms with Crippen molar-refractivity contribution in [2.75, 3.05) is 6.54 Å². The summed E-state index contributed by atoms with van der Waals surface area (Å²) in [4.78, 5) is 26.6. The minimum atomic E-state index is -0.764. The van der Waals surface area contributed by atoms with Crippen LogP contribution in [0.3, 0.4) is 0 Å². The van der Waals surface area contributed by atoms with Gasteiger partial charge in [0.25, 0.3) is 11.7 Å². The maximum absolute atomic E-state index is 12.4. The van der Waals surface area contributed by atoms with Crippen molar-refractivity contribution in [3.63, 3.8) is 0 Å². The summed E-state index contributed by atoms with van der Waals surface area (Å²) in [6.45, 7) is -0.210. The van der Waals surface area contributed by atoms with E-state index in [9.17, 15) is 14.7 Å². The van der Waals surface area contributed by atoms with Crippen LogP contribution in [0.2, 0.25) is 0 Å². The normalized spacial score (nSPS) is 19.8. The van der Waals surface area contributed by atoms with Crippen LogP contribution in [0, 0.1) is 11.3 Å². The predicted molar refractivity (Wildman–Crippen MR) is 85.4 cm³/mol. The van der Waals surface area contributed by atoms with Gasteiger partial charge in [0.05, 0.1) is 11.6 Å². The second kappa shape index (κ2) is 6.07. The Balaban J connectivity index is 2.19. The number of carbonyl (C=O) groups excluding carboxylic acids is 2. The summed E-state index contributed by atoms with van der Waals surface area (Å²) in [6.07, 6.45) is 0. The van der Waals surface area contributed by atoms with E-state index in [1.165, 1.54) is 16.2 Å². The molecule has 1 aliphatic rings. The van der Waals surface area contributed by atoms with Gasteiger partial charge in [-0.25, -0.2) is 0 Å². The summed E-state index contributed by atoms with van der Waals surface area (Å²) >= 11 is 1.37. The highest BCUT2D eigenvalue weighted by Crippen LogP contribution is 2.40. The molecule has 0 spiro atoms. The first-order valence-corrected chi connectivity index (χ1v) is 7.77. The predicted octanol–water partition coefficient (Wildman–Crippen LogP) is 2.69. The second-order valence-electron chi connectivity index (χ2n) is 4.97. The molecule has 0 radical (unpaired) electrons. The quantitative estimate of drug-likeness (QED) is 0.407. The molecule has 5 nitrogen and oxygen atoms in total. The molecule has 3 rings (SSSR count). The average Bonchev–Trinajstić information content (AvgIpc) is 3.18. The third-order valence-electron chi connectivity index (χ3n) is 3.64. The lowest BCUT2D eigenvalue weighted by atomic mass is 10.00. The number of hydrogen-bond acceptors (Lipinski definition) is 5. The highest BCUT2D eigenvalue weighted by Gasteiger charge is 2.46. The Labute approximate surface area is 136 Å². The van der Waals surface area contributed by atoms with Gasteiger partial charge in [-0.15, -0.1) is 11.3 Å². The maximum Gasteiger partial charge on any atom is 0.296 e. The number of hydrogen-bond donors (Lipinski definition) is 1. The molecule has 1 fully saturated rings. The first kappa shape index (κ1) is 15.0. The fourth-order valence-corrected chi connectivity index (χ4v) is 3.46. The van der Waals surface area contributed by atoms with Crippen LogP contribution >= 0.6 is 11.3 Å². The molecule has 114 valence electrons. The van der Waals surface area contributed by atoms with Crippen molar-refractivity contribution < 1.29 is 14.7 Å². The third-order valence-corrected chi connectivity index (χ3v) is 4.57. The van der Waals surface area contributed by atoms with Crippen LogP contribution in [0.1, 0.15) is 16.5 Å². The molecule has 0 aliphatic carbocycles. The number of carbonyl (C=O) groups is 2. The molecule has 6 heteroatoms. The second-order valence-corrected chi connectivity index (χ2v) is 5.95. The van der Waals surface area contributed by atoms with Crippen LogP contribution in [-0.4, -0.2) is 28.2 Å². The Morgan fingerprint density at radius 2 is 1.96 bits per heavy atom. The Bertz CT molecular complexity index is 819. The molecular formula is C17H12N2O3S. The maximum atomic E-state index is 12.4. The van der Waals surface area contributed by atoms with E-state index in [2.05, 4.69) is 0 Å². The van der Waals surface area contributed by atoms with E-state index in [0.717, 1.165) is 4.88 Å². The van der Waals surface area contributed by atoms with Crippen LogP contribution in [0.15, 0.2) is 53.4 Å². The van der Waals surface area contributed by atoms with Crippen molar-refractivity contribution in [3.8, 4) is 6.07 Å². The third kappa shape index (κ3) is 2.51. The molecule has 0 bridgehead atoms. The molecule has 0 saturated carbocycles. The molecule has 23 heavy (non-hydrogen) atoms. The van der Waals surface area contributed by atoms with Crippen LogP contribution < -0.4 is 0 Å². The number of nitrogens with zero attached hydrogens (tertiary/aromatic N) is 2. The first-order valence-electron chi connectivity index (χ1n) is 6.89. The van der Waals surface area contributed by atoms with Gasteiger partial charge in [-0.05, 0) is 11.4 Å². The summed E-state index contributed by atoms with van der Waals surface area (Å²) in [6, 6.07) is 13.4. The van der Waals surface area contributed by atoms with Crippen molar-refractivity contribution in [2.24, 2.45) is 0 Å². The number of aliphatic hydroxyl groups excluding tert-OH is 1. The topological polar surface area (TPSA) is 81.4 Å². The van der Waals surface area contributed by atoms with Crippen LogP contribution in [-0.2, 0) is 9.59 Å². The number of Topliss-reactive ketones (excluding diaryl/α,β-unsaturated/α-hetero) is 1. The Morgan fingerprint density at radius 3 is 2.57 bits per heavy atom. The van der Waals surface area contributed by atoms with Crippen molar-refractivity contribution >= 4 is 28.8 Å². The zero-order chi connectivity index (χ0) is 16.4. The van der Waals surface area contributed by atoms with Gasteiger partial charge in [0.2, 0.25) is 0 Å². The number of nitriles is 1. The van der Waals surface area contributed by atoms with Gasteiger partial charge < -0.3 is 10.0 Å². The molecule has 1 saturated heterocycles. The summed E-state index contributed by atoms with van der Waals surface area (Å²) < 4.78 is 0. The largest absolute Gasteiger partial charge is 0.507 e. The van der Waals surface area contributed by atoms with Gasteiger partial charge in [0.15, 0.2) is 0 Å². The van der Waals surface area contributed by atoms with E-state index in [1.807, 2.05) is 11.4 Å². The highest BCUT2D eigenvalue weighted by atomic mass is 32.1. The highest BCUT2D eigenvalue weighted by molar-refractivity contribution is 7.10. The molecule has 1 aliphatic heterocycles. The van der Waals surface area contributed by atoms with Crippen molar-refractivity contribution in [3.05, 3.63) is 63.9 Å². The van der Waals surface area contributed by atoms with Crippen molar-refractivity contribution in [1.82, 2.24) is 4.90 Å². The van der Waals surface area contributed by atoms with Gasteiger partial charge in [0.1, 0.15) is 18.3 Å². The number of amides is 1. The number of rotatable bonds is 3. The van der Waals surface area contributed by atoms with Crippen LogP contribution in [0.25, 0.3) is 5.76 Å². The minimum absolute atomic E-state index is 0.0268. The number of thiophene rings is 1. The van der Waals surface area contributed by atoms with Gasteiger partial charge in [-0.3, -0.25) is 9.59 Å². The molecule has 1 aromatic heterocycles. The lowest BCUT2D eigenvalue weighted by molar-refractivity contribution is -0.139. The minimum Gasteiger partial charge on any atom is -0.507 e. The lowest BCUT2D eigenvalue weighted by Crippen LogP contribution is -2.29. The molecule has 1 unspecified atom stereocenters. The molecule has 2 heterocycles. The van der Waals surface area contributed by atoms with Crippen molar-refractivity contribution in [2.45, 2.75) is 6.04 Å². The Kier molecular flexibility index (Phi) is 3.96. The zero-order valence-corrected chi connectivity index (χ0v) is 12.8. The van der Waals surface area contributed by atoms with E-state index >= 15 is 0 Å². The smallest absolute Gasteiger partial charge is 0.296 e. The Morgan fingerprint density at radius 1 is 1.22 bits per heavy atom. The SMILES string of the molecule is N#CCN1C(=O)C(=O)/C(=C(\O)c2ccccc2)C1c1cccs1. The Hall–Kier alpha value is -2.91. The van der Waals surface area contributed by atoms with E-state index in [0.29, 0.717) is 5.56 Å². The van der Waals surface area contributed by atoms with E-state index < -0.39 is 17.7 Å². The number of aliphatic hydroxyl groups is 1. The van der Waals surface area contributed by atoms with E-state index in [4.69, 9.17) is 5.26 Å². The fourth-order valence-electron chi connectivity index (χ4n) is 2.61. The zero-order valence-electron chi connectivity index (χ0n) is 12.0. The standard InChI is InChI=1S/C17H12N2O3S/c18-8-9-19-14(12-7-4-10-23-12)13(16(21)17(19)22)15(20)11-5-2-1-3-6-11/h1-7,10,14,20H,9H2/b15-13-. The number of ketones is 1. The summed E-state index contributed by atoms with van der Waals surface area (Å²) in [5, 5.41) is 21.3. The molecule has 2 aromatic rings. The van der Waals surface area contributed by atoms with Gasteiger partial charge in [-0.2, -0.15) is 5.26 Å². The molecule has 1 N–H and O–H groups in total. The van der Waals surface area contributed by atoms with E-state index in [-0.39, 0.29) is 17.9 Å². The first-order chi connectivity index (χ1) is 11.1. The fraction of sp³-hybridized carbons (Fsp3) is 0.118. The summed E-state index contributed by atoms with van der Waals surface area (Å²) in [5.74, 6) is -1.75. The number of likely N-dealkylation sites (tertiary alicyclic amines) is 1. The molecule has 1 amide bonds. The molecular weight excluding hydrogens is 312 g/mol. The summed E-state index contributed by atoms with van der Waals surface area (Å²) in [5.41, 5.74) is 0.489. The monoisotopic (exact) mass is 324 g/mol. The molecule has 1 aromatic carbocycles. The van der Waals surface area contributed by atoms with Gasteiger partial charge >= 0.3 is 0 Å². The van der Waals surface area contributed by atoms with Crippen molar-refractivity contribution in [1.29, 1.82) is 5.26 Å². The van der Waals surface area contributed by atoms with Gasteiger partial charge in [-0.1, -0.05) is 36.4 Å².